The van der Waals surface area contributed by atoms with Crippen molar-refractivity contribution in [1.82, 2.24) is 9.62 Å². The van der Waals surface area contributed by atoms with Crippen molar-refractivity contribution in [2.75, 3.05) is 32.0 Å². The predicted molar refractivity (Wildman–Crippen MR) is 88.1 cm³/mol. The molecule has 1 aromatic rings. The topological polar surface area (TPSA) is 58.6 Å². The molecule has 0 radical (unpaired) electrons. The Balaban J connectivity index is 1.81. The van der Waals surface area contributed by atoms with E-state index in [1.165, 1.54) is 5.56 Å². The van der Waals surface area contributed by atoms with Crippen LogP contribution in [-0.4, -0.2) is 51.4 Å². The van der Waals surface area contributed by atoms with Crippen molar-refractivity contribution in [3.63, 3.8) is 0 Å². The van der Waals surface area contributed by atoms with Gasteiger partial charge in [0.25, 0.3) is 0 Å². The average Bonchev–Trinajstić information content (AvgIpc) is 2.45. The second-order valence-corrected chi connectivity index (χ2v) is 8.09. The van der Waals surface area contributed by atoms with Gasteiger partial charge in [0.2, 0.25) is 10.0 Å². The normalized spacial score (nSPS) is 20.4. The van der Waals surface area contributed by atoms with Crippen molar-refractivity contribution in [2.24, 2.45) is 5.92 Å². The van der Waals surface area contributed by atoms with Gasteiger partial charge in [-0.05, 0) is 11.5 Å². The molecule has 1 fully saturated rings. The first-order chi connectivity index (χ1) is 10.4. The number of nitrogens with zero attached hydrogens (tertiary/aromatic N) is 1. The Kier molecular flexibility index (Phi) is 6.37. The molecule has 1 aromatic carbocycles. The average molecular weight is 326 g/mol. The van der Waals surface area contributed by atoms with Crippen LogP contribution in [0.15, 0.2) is 30.3 Å². The van der Waals surface area contributed by atoms with Crippen LogP contribution >= 0.6 is 0 Å². The lowest BCUT2D eigenvalue weighted by Gasteiger charge is -2.33. The molecule has 124 valence electrons. The van der Waals surface area contributed by atoms with E-state index in [0.717, 1.165) is 19.6 Å². The molecule has 0 unspecified atom stereocenters. The molecule has 0 bridgehead atoms. The molecule has 1 saturated heterocycles. The van der Waals surface area contributed by atoms with E-state index in [0.29, 0.717) is 13.2 Å². The number of benzene rings is 1. The summed E-state index contributed by atoms with van der Waals surface area (Å²) >= 11 is 0. The summed E-state index contributed by atoms with van der Waals surface area (Å²) < 4.78 is 32.1. The van der Waals surface area contributed by atoms with Gasteiger partial charge in [-0.2, -0.15) is 0 Å². The highest BCUT2D eigenvalue weighted by Gasteiger charge is 2.22. The summed E-state index contributed by atoms with van der Waals surface area (Å²) in [6, 6.07) is 10.3. The van der Waals surface area contributed by atoms with Gasteiger partial charge in [0.1, 0.15) is 0 Å². The molecule has 22 heavy (non-hydrogen) atoms. The fraction of sp³-hybridized carbons (Fsp3) is 0.625. The van der Waals surface area contributed by atoms with E-state index in [-0.39, 0.29) is 17.8 Å². The lowest BCUT2D eigenvalue weighted by Crippen LogP contribution is -2.47. The number of nitrogens with one attached hydrogen (secondary N) is 1. The summed E-state index contributed by atoms with van der Waals surface area (Å²) in [5, 5.41) is 0. The van der Waals surface area contributed by atoms with E-state index in [1.807, 2.05) is 32.0 Å². The Morgan fingerprint density at radius 3 is 2.73 bits per heavy atom. The minimum Gasteiger partial charge on any atom is -0.374 e. The smallest absolute Gasteiger partial charge is 0.211 e. The third-order valence-electron chi connectivity index (χ3n) is 3.56. The summed E-state index contributed by atoms with van der Waals surface area (Å²) in [7, 11) is -3.21. The SMILES string of the molecule is CC(C)CS(=O)(=O)NC[C@@H]1CN(Cc2ccccc2)CCO1. The lowest BCUT2D eigenvalue weighted by molar-refractivity contribution is -0.0276. The van der Waals surface area contributed by atoms with Crippen molar-refractivity contribution in [2.45, 2.75) is 26.5 Å². The van der Waals surface area contributed by atoms with Gasteiger partial charge >= 0.3 is 0 Å². The highest BCUT2D eigenvalue weighted by Crippen LogP contribution is 2.10. The minimum absolute atomic E-state index is 0.0839. The van der Waals surface area contributed by atoms with Crippen LogP contribution in [0.5, 0.6) is 0 Å². The van der Waals surface area contributed by atoms with Crippen LogP contribution in [0.3, 0.4) is 0 Å². The highest BCUT2D eigenvalue weighted by atomic mass is 32.2. The lowest BCUT2D eigenvalue weighted by atomic mass is 10.2. The summed E-state index contributed by atoms with van der Waals surface area (Å²) in [6.07, 6.45) is -0.0839. The van der Waals surface area contributed by atoms with E-state index in [2.05, 4.69) is 21.8 Å². The molecule has 1 aliphatic rings. The van der Waals surface area contributed by atoms with Crippen molar-refractivity contribution in [3.05, 3.63) is 35.9 Å². The molecule has 0 saturated carbocycles. The van der Waals surface area contributed by atoms with Crippen molar-refractivity contribution in [3.8, 4) is 0 Å². The maximum atomic E-state index is 11.9. The predicted octanol–water partition coefficient (Wildman–Crippen LogP) is 1.46. The second-order valence-electron chi connectivity index (χ2n) is 6.24. The van der Waals surface area contributed by atoms with E-state index in [4.69, 9.17) is 4.74 Å². The Bertz CT molecular complexity index is 546. The van der Waals surface area contributed by atoms with E-state index in [1.54, 1.807) is 0 Å². The van der Waals surface area contributed by atoms with E-state index < -0.39 is 10.0 Å². The number of ether oxygens (including phenoxy) is 1. The van der Waals surface area contributed by atoms with Crippen LogP contribution in [0.1, 0.15) is 19.4 Å². The summed E-state index contributed by atoms with van der Waals surface area (Å²) in [4.78, 5) is 2.31. The quantitative estimate of drug-likeness (QED) is 0.824. The molecule has 1 N–H and O–H groups in total. The van der Waals surface area contributed by atoms with E-state index >= 15 is 0 Å². The highest BCUT2D eigenvalue weighted by molar-refractivity contribution is 7.89. The molecule has 1 atom stereocenters. The maximum absolute atomic E-state index is 11.9. The van der Waals surface area contributed by atoms with Crippen LogP contribution in [0, 0.1) is 5.92 Å². The number of rotatable bonds is 7. The summed E-state index contributed by atoms with van der Waals surface area (Å²) in [5.41, 5.74) is 1.27. The zero-order chi connectivity index (χ0) is 16.0. The van der Waals surface area contributed by atoms with Crippen molar-refractivity contribution >= 4 is 10.0 Å². The van der Waals surface area contributed by atoms with E-state index in [9.17, 15) is 8.42 Å². The third kappa shape index (κ3) is 6.04. The zero-order valence-electron chi connectivity index (χ0n) is 13.4. The van der Waals surface area contributed by atoms with Crippen LogP contribution < -0.4 is 4.72 Å². The molecule has 0 amide bonds. The van der Waals surface area contributed by atoms with Crippen molar-refractivity contribution < 1.29 is 13.2 Å². The van der Waals surface area contributed by atoms with Gasteiger partial charge in [-0.25, -0.2) is 13.1 Å². The van der Waals surface area contributed by atoms with Crippen LogP contribution in [0.2, 0.25) is 0 Å². The minimum atomic E-state index is -3.21. The Morgan fingerprint density at radius 2 is 2.05 bits per heavy atom. The largest absolute Gasteiger partial charge is 0.374 e. The number of hydrogen-bond donors (Lipinski definition) is 1. The standard InChI is InChI=1S/C16H26N2O3S/c1-14(2)13-22(19,20)17-10-16-12-18(8-9-21-16)11-15-6-4-3-5-7-15/h3-7,14,16-17H,8-13H2,1-2H3/t16-/m1/s1. The molecule has 0 spiro atoms. The van der Waals surface area contributed by atoms with Gasteiger partial charge in [-0.3, -0.25) is 4.90 Å². The van der Waals surface area contributed by atoms with Crippen LogP contribution in [-0.2, 0) is 21.3 Å². The number of sulfonamides is 1. The Morgan fingerprint density at radius 1 is 1.32 bits per heavy atom. The molecular weight excluding hydrogens is 300 g/mol. The number of hydrogen-bond acceptors (Lipinski definition) is 4. The molecule has 1 heterocycles. The molecule has 5 nitrogen and oxygen atoms in total. The monoisotopic (exact) mass is 326 g/mol. The van der Waals surface area contributed by atoms with Gasteiger partial charge in [-0.1, -0.05) is 44.2 Å². The van der Waals surface area contributed by atoms with Crippen LogP contribution in [0.25, 0.3) is 0 Å². The van der Waals surface area contributed by atoms with Gasteiger partial charge in [0.15, 0.2) is 0 Å². The number of morpholine rings is 1. The first-order valence-electron chi connectivity index (χ1n) is 7.80. The Labute approximate surface area is 133 Å². The third-order valence-corrected chi connectivity index (χ3v) is 5.27. The molecule has 6 heteroatoms. The first kappa shape index (κ1) is 17.4. The second kappa shape index (κ2) is 8.06. The molecule has 0 aliphatic carbocycles. The van der Waals surface area contributed by atoms with Gasteiger partial charge in [-0.15, -0.1) is 0 Å². The molecular formula is C16H26N2O3S. The Hall–Kier alpha value is -0.950. The van der Waals surface area contributed by atoms with Gasteiger partial charge in [0, 0.05) is 26.2 Å². The zero-order valence-corrected chi connectivity index (χ0v) is 14.2. The maximum Gasteiger partial charge on any atom is 0.211 e. The van der Waals surface area contributed by atoms with Crippen LogP contribution in [0.4, 0.5) is 0 Å². The fourth-order valence-electron chi connectivity index (χ4n) is 2.61. The van der Waals surface area contributed by atoms with Crippen molar-refractivity contribution in [1.29, 1.82) is 0 Å². The first-order valence-corrected chi connectivity index (χ1v) is 9.45. The molecule has 0 aromatic heterocycles. The summed E-state index contributed by atoms with van der Waals surface area (Å²) in [5.74, 6) is 0.285. The summed E-state index contributed by atoms with van der Waals surface area (Å²) in [6.45, 7) is 7.29. The van der Waals surface area contributed by atoms with Gasteiger partial charge in [0.05, 0.1) is 18.5 Å². The molecule has 1 aliphatic heterocycles. The van der Waals surface area contributed by atoms with Gasteiger partial charge < -0.3 is 4.74 Å². The fourth-order valence-corrected chi connectivity index (χ4v) is 4.04. The molecule has 2 rings (SSSR count).